The molecule has 0 spiro atoms. The van der Waals surface area contributed by atoms with Crippen molar-refractivity contribution in [1.82, 2.24) is 9.97 Å². The highest BCUT2D eigenvalue weighted by Gasteiger charge is 2.31. The lowest BCUT2D eigenvalue weighted by atomic mass is 9.94. The molecule has 22 heavy (non-hydrogen) atoms. The number of halogens is 1. The van der Waals surface area contributed by atoms with E-state index in [1.54, 1.807) is 36.1 Å². The Morgan fingerprint density at radius 3 is 2.77 bits per heavy atom. The Bertz CT molecular complexity index is 672. The van der Waals surface area contributed by atoms with E-state index in [9.17, 15) is 9.18 Å². The molecule has 0 aliphatic carbocycles. The Morgan fingerprint density at radius 2 is 2.14 bits per heavy atom. The van der Waals surface area contributed by atoms with Crippen LogP contribution in [0.1, 0.15) is 13.8 Å². The highest BCUT2D eigenvalue weighted by Crippen LogP contribution is 2.33. The first kappa shape index (κ1) is 16.9. The smallest absolute Gasteiger partial charge is 0.233 e. The van der Waals surface area contributed by atoms with Crippen LogP contribution < -0.4 is 4.90 Å². The Hall–Kier alpha value is -1.47. The predicted octanol–water partition coefficient (Wildman–Crippen LogP) is 3.70. The van der Waals surface area contributed by atoms with E-state index in [0.29, 0.717) is 10.6 Å². The molecule has 0 N–H and O–H groups in total. The summed E-state index contributed by atoms with van der Waals surface area (Å²) in [7, 11) is 1.74. The van der Waals surface area contributed by atoms with Crippen LogP contribution in [-0.2, 0) is 4.79 Å². The molecule has 0 aliphatic heterocycles. The number of thiazole rings is 1. The molecule has 1 amide bonds. The first-order valence-electron chi connectivity index (χ1n) is 6.69. The highest BCUT2D eigenvalue weighted by molar-refractivity contribution is 7.98. The zero-order valence-corrected chi connectivity index (χ0v) is 14.6. The number of aromatic nitrogens is 2. The second-order valence-electron chi connectivity index (χ2n) is 5.58. The number of amides is 1. The normalized spacial score (nSPS) is 11.5. The third kappa shape index (κ3) is 3.64. The van der Waals surface area contributed by atoms with Crippen molar-refractivity contribution in [3.05, 3.63) is 30.5 Å². The van der Waals surface area contributed by atoms with Gasteiger partial charge in [-0.25, -0.2) is 9.37 Å². The van der Waals surface area contributed by atoms with Crippen molar-refractivity contribution in [3.63, 3.8) is 0 Å². The molecule has 0 radical (unpaired) electrons. The third-order valence-corrected chi connectivity index (χ3v) is 5.30. The minimum absolute atomic E-state index is 0.0365. The van der Waals surface area contributed by atoms with E-state index in [1.165, 1.54) is 17.4 Å². The highest BCUT2D eigenvalue weighted by atomic mass is 32.2. The fourth-order valence-corrected chi connectivity index (χ4v) is 3.76. The number of carbonyl (C=O) groups is 1. The van der Waals surface area contributed by atoms with Gasteiger partial charge in [-0.1, -0.05) is 25.2 Å². The standard InChI is InChI=1S/C15H18FN3OS2/c1-15(2,9-21-4)14(20)19(3)12-8-18-13(22-12)10-5-11(16)7-17-6-10/h5-8H,9H2,1-4H3. The number of carbonyl (C=O) groups excluding carboxylic acids is 1. The van der Waals surface area contributed by atoms with Crippen molar-refractivity contribution in [1.29, 1.82) is 0 Å². The summed E-state index contributed by atoms with van der Waals surface area (Å²) in [6, 6.07) is 1.38. The van der Waals surface area contributed by atoms with Gasteiger partial charge in [0.1, 0.15) is 15.8 Å². The zero-order chi connectivity index (χ0) is 16.3. The first-order valence-corrected chi connectivity index (χ1v) is 8.90. The number of anilines is 1. The van der Waals surface area contributed by atoms with Crippen molar-refractivity contribution in [2.75, 3.05) is 24.0 Å². The molecule has 2 aromatic rings. The van der Waals surface area contributed by atoms with Gasteiger partial charge in [0.15, 0.2) is 0 Å². The molecule has 0 bridgehead atoms. The lowest BCUT2D eigenvalue weighted by Gasteiger charge is -2.27. The molecule has 0 aromatic carbocycles. The average Bonchev–Trinajstić information content (AvgIpc) is 2.95. The second-order valence-corrected chi connectivity index (χ2v) is 7.45. The van der Waals surface area contributed by atoms with Crippen LogP contribution in [0.2, 0.25) is 0 Å². The van der Waals surface area contributed by atoms with Gasteiger partial charge in [-0.2, -0.15) is 11.8 Å². The van der Waals surface area contributed by atoms with Crippen LogP contribution in [0.25, 0.3) is 10.6 Å². The van der Waals surface area contributed by atoms with Crippen LogP contribution in [0.3, 0.4) is 0 Å². The van der Waals surface area contributed by atoms with Gasteiger partial charge in [-0.3, -0.25) is 9.78 Å². The van der Waals surface area contributed by atoms with Crippen LogP contribution in [-0.4, -0.2) is 34.9 Å². The van der Waals surface area contributed by atoms with Crippen LogP contribution in [0.15, 0.2) is 24.7 Å². The van der Waals surface area contributed by atoms with Gasteiger partial charge in [-0.05, 0) is 12.3 Å². The van der Waals surface area contributed by atoms with E-state index in [0.717, 1.165) is 17.0 Å². The number of rotatable bonds is 5. The lowest BCUT2D eigenvalue weighted by molar-refractivity contribution is -0.125. The Labute approximate surface area is 137 Å². The summed E-state index contributed by atoms with van der Waals surface area (Å²) < 4.78 is 13.2. The van der Waals surface area contributed by atoms with E-state index in [4.69, 9.17) is 0 Å². The molecule has 4 nitrogen and oxygen atoms in total. The molecular formula is C15H18FN3OS2. The van der Waals surface area contributed by atoms with Crippen molar-refractivity contribution in [3.8, 4) is 10.6 Å². The van der Waals surface area contributed by atoms with Crippen molar-refractivity contribution >= 4 is 34.0 Å². The molecular weight excluding hydrogens is 321 g/mol. The summed E-state index contributed by atoms with van der Waals surface area (Å²) in [6.07, 6.45) is 6.33. The molecule has 2 aromatic heterocycles. The number of nitrogens with zero attached hydrogens (tertiary/aromatic N) is 3. The first-order chi connectivity index (χ1) is 10.3. The fraction of sp³-hybridized carbons (Fsp3) is 0.400. The van der Waals surface area contributed by atoms with Gasteiger partial charge in [-0.15, -0.1) is 0 Å². The average molecular weight is 339 g/mol. The van der Waals surface area contributed by atoms with Gasteiger partial charge in [0, 0.05) is 24.6 Å². The molecule has 2 rings (SSSR count). The fourth-order valence-electron chi connectivity index (χ4n) is 2.06. The number of hydrogen-bond donors (Lipinski definition) is 0. The van der Waals surface area contributed by atoms with E-state index in [1.807, 2.05) is 20.1 Å². The van der Waals surface area contributed by atoms with Gasteiger partial charge < -0.3 is 4.90 Å². The summed E-state index contributed by atoms with van der Waals surface area (Å²) in [4.78, 5) is 22.3. The molecule has 7 heteroatoms. The van der Waals surface area contributed by atoms with Crippen LogP contribution in [0, 0.1) is 11.2 Å². The van der Waals surface area contributed by atoms with Crippen molar-refractivity contribution in [2.24, 2.45) is 5.41 Å². The van der Waals surface area contributed by atoms with E-state index < -0.39 is 11.2 Å². The Balaban J connectivity index is 2.22. The van der Waals surface area contributed by atoms with Crippen molar-refractivity contribution in [2.45, 2.75) is 13.8 Å². The summed E-state index contributed by atoms with van der Waals surface area (Å²) in [6.45, 7) is 3.86. The van der Waals surface area contributed by atoms with E-state index >= 15 is 0 Å². The number of thioether (sulfide) groups is 1. The molecule has 0 saturated carbocycles. The minimum Gasteiger partial charge on any atom is -0.305 e. The topological polar surface area (TPSA) is 46.1 Å². The molecule has 0 saturated heterocycles. The van der Waals surface area contributed by atoms with Gasteiger partial charge >= 0.3 is 0 Å². The Kier molecular flexibility index (Phi) is 5.18. The quantitative estimate of drug-likeness (QED) is 0.833. The number of pyridine rings is 1. The molecule has 0 aliphatic rings. The molecule has 0 atom stereocenters. The SMILES string of the molecule is CSCC(C)(C)C(=O)N(C)c1cnc(-c2cncc(F)c2)s1. The molecule has 0 fully saturated rings. The van der Waals surface area contributed by atoms with Gasteiger partial charge in [0.05, 0.1) is 17.8 Å². The molecule has 118 valence electrons. The van der Waals surface area contributed by atoms with Crippen LogP contribution in [0.5, 0.6) is 0 Å². The van der Waals surface area contributed by atoms with Gasteiger partial charge in [0.2, 0.25) is 5.91 Å². The van der Waals surface area contributed by atoms with E-state index in [2.05, 4.69) is 9.97 Å². The molecule has 0 unspecified atom stereocenters. The number of hydrogen-bond acceptors (Lipinski definition) is 5. The maximum Gasteiger partial charge on any atom is 0.233 e. The monoisotopic (exact) mass is 339 g/mol. The van der Waals surface area contributed by atoms with E-state index in [-0.39, 0.29) is 5.91 Å². The van der Waals surface area contributed by atoms with Crippen LogP contribution >= 0.6 is 23.1 Å². The van der Waals surface area contributed by atoms with Gasteiger partial charge in [0.25, 0.3) is 0 Å². The largest absolute Gasteiger partial charge is 0.305 e. The maximum atomic E-state index is 13.2. The third-order valence-electron chi connectivity index (χ3n) is 3.16. The molecule has 2 heterocycles. The summed E-state index contributed by atoms with van der Waals surface area (Å²) in [5.41, 5.74) is 0.166. The second kappa shape index (κ2) is 6.75. The Morgan fingerprint density at radius 1 is 1.41 bits per heavy atom. The maximum absolute atomic E-state index is 13.2. The van der Waals surface area contributed by atoms with Crippen LogP contribution in [0.4, 0.5) is 9.39 Å². The minimum atomic E-state index is -0.446. The lowest BCUT2D eigenvalue weighted by Crippen LogP contribution is -2.39. The van der Waals surface area contributed by atoms with Crippen molar-refractivity contribution < 1.29 is 9.18 Å². The summed E-state index contributed by atoms with van der Waals surface area (Å²) in [5, 5.41) is 1.38. The summed E-state index contributed by atoms with van der Waals surface area (Å²) >= 11 is 2.99. The summed E-state index contributed by atoms with van der Waals surface area (Å²) in [5.74, 6) is 0.379. The predicted molar refractivity (Wildman–Crippen MR) is 90.9 cm³/mol. The zero-order valence-electron chi connectivity index (χ0n) is 13.0.